The predicted octanol–water partition coefficient (Wildman–Crippen LogP) is 5.29. The number of nitrogens with zero attached hydrogens (tertiary/aromatic N) is 4. The van der Waals surface area contributed by atoms with E-state index in [0.29, 0.717) is 42.6 Å². The van der Waals surface area contributed by atoms with Gasteiger partial charge >= 0.3 is 0 Å². The molecule has 34 heavy (non-hydrogen) atoms. The summed E-state index contributed by atoms with van der Waals surface area (Å²) in [5.41, 5.74) is 1.41. The van der Waals surface area contributed by atoms with Crippen molar-refractivity contribution in [1.29, 1.82) is 0 Å². The normalized spacial score (nSPS) is 16.9. The number of fused-ring (bicyclic) bond motifs is 1. The summed E-state index contributed by atoms with van der Waals surface area (Å²) in [7, 11) is 0. The number of phenolic OH excluding ortho intramolecular Hbond substituents is 1. The Balaban J connectivity index is 1.63. The lowest BCUT2D eigenvalue weighted by Gasteiger charge is -2.35. The number of amides is 1. The summed E-state index contributed by atoms with van der Waals surface area (Å²) in [4.78, 5) is 15.8. The largest absolute Gasteiger partial charge is 0.507 e. The van der Waals surface area contributed by atoms with Crippen molar-refractivity contribution in [2.75, 3.05) is 31.1 Å². The van der Waals surface area contributed by atoms with E-state index < -0.39 is 5.82 Å². The van der Waals surface area contributed by atoms with Crippen LogP contribution in [0.25, 0.3) is 21.9 Å². The Bertz CT molecular complexity index is 1250. The summed E-state index contributed by atoms with van der Waals surface area (Å²) < 4.78 is 14.7. The third kappa shape index (κ3) is 3.98. The molecule has 0 bridgehead atoms. The van der Waals surface area contributed by atoms with Gasteiger partial charge in [0.05, 0.1) is 11.3 Å². The van der Waals surface area contributed by atoms with E-state index in [2.05, 4.69) is 21.7 Å². The van der Waals surface area contributed by atoms with Gasteiger partial charge in [-0.1, -0.05) is 37.1 Å². The molecule has 0 radical (unpaired) electrons. The van der Waals surface area contributed by atoms with Crippen LogP contribution in [0, 0.1) is 5.82 Å². The van der Waals surface area contributed by atoms with Crippen LogP contribution in [0.5, 0.6) is 5.75 Å². The number of aromatic hydroxyl groups is 1. The highest BCUT2D eigenvalue weighted by molar-refractivity contribution is 6.34. The van der Waals surface area contributed by atoms with Gasteiger partial charge in [-0.15, -0.1) is 5.10 Å². The minimum absolute atomic E-state index is 0.0791. The zero-order valence-electron chi connectivity index (χ0n) is 18.8. The van der Waals surface area contributed by atoms with Crippen LogP contribution in [0.15, 0.2) is 43.0 Å². The fourth-order valence-electron chi connectivity index (χ4n) is 5.15. The molecule has 8 heteroatoms. The highest BCUT2D eigenvalue weighted by Gasteiger charge is 2.27. The summed E-state index contributed by atoms with van der Waals surface area (Å²) in [5.74, 6) is 0.218. The van der Waals surface area contributed by atoms with Gasteiger partial charge in [-0.05, 0) is 43.2 Å². The van der Waals surface area contributed by atoms with E-state index in [1.165, 1.54) is 24.3 Å². The molecule has 1 amide bonds. The number of rotatable bonds is 4. The molecule has 2 aromatic carbocycles. The second-order valence-corrected chi connectivity index (χ2v) is 9.33. The molecule has 1 saturated heterocycles. The number of hydrogen-bond acceptors (Lipinski definition) is 5. The summed E-state index contributed by atoms with van der Waals surface area (Å²) in [6, 6.07) is 7.89. The molecule has 2 aliphatic rings. The van der Waals surface area contributed by atoms with E-state index in [-0.39, 0.29) is 23.1 Å². The Kier molecular flexibility index (Phi) is 6.13. The monoisotopic (exact) mass is 480 g/mol. The average Bonchev–Trinajstić information content (AvgIpc) is 3.38. The van der Waals surface area contributed by atoms with Crippen LogP contribution < -0.4 is 4.90 Å². The number of benzene rings is 2. The van der Waals surface area contributed by atoms with Crippen molar-refractivity contribution in [3.8, 4) is 16.9 Å². The minimum Gasteiger partial charge on any atom is -0.507 e. The lowest BCUT2D eigenvalue weighted by Crippen LogP contribution is -2.48. The number of carbonyl (C=O) groups excluding carboxylic acids is 1. The standard InChI is InChI=1S/C26H26ClFN4O2/c1-2-23(34)31-10-12-32(13-11-31)26-18-15-20(27)19(24-21(28)8-5-9-22(24)33)14-17(18)25(29-30-26)16-6-3-4-7-16/h2,5,8-9,14-16,33H,1,3-4,6-7,10-13H2. The average molecular weight is 481 g/mol. The van der Waals surface area contributed by atoms with Crippen molar-refractivity contribution in [3.05, 3.63) is 59.5 Å². The smallest absolute Gasteiger partial charge is 0.246 e. The maximum Gasteiger partial charge on any atom is 0.246 e. The van der Waals surface area contributed by atoms with E-state index in [9.17, 15) is 14.3 Å². The molecule has 0 unspecified atom stereocenters. The highest BCUT2D eigenvalue weighted by Crippen LogP contribution is 2.43. The zero-order valence-corrected chi connectivity index (χ0v) is 19.6. The number of carbonyl (C=O) groups is 1. The molecule has 1 aromatic heterocycles. The minimum atomic E-state index is -0.533. The topological polar surface area (TPSA) is 69.6 Å². The van der Waals surface area contributed by atoms with E-state index in [4.69, 9.17) is 11.6 Å². The van der Waals surface area contributed by atoms with Crippen LogP contribution in [0.3, 0.4) is 0 Å². The molecule has 2 fully saturated rings. The summed E-state index contributed by atoms with van der Waals surface area (Å²) in [5, 5.41) is 21.7. The lowest BCUT2D eigenvalue weighted by atomic mass is 9.94. The molecule has 0 atom stereocenters. The first-order valence-corrected chi connectivity index (χ1v) is 12.0. The summed E-state index contributed by atoms with van der Waals surface area (Å²) in [6.07, 6.45) is 5.69. The van der Waals surface area contributed by atoms with Crippen molar-refractivity contribution in [3.63, 3.8) is 0 Å². The van der Waals surface area contributed by atoms with Crippen LogP contribution in [0.1, 0.15) is 37.3 Å². The van der Waals surface area contributed by atoms with Crippen molar-refractivity contribution in [2.45, 2.75) is 31.6 Å². The molecule has 1 aliphatic heterocycles. The molecule has 5 rings (SSSR count). The molecule has 0 spiro atoms. The molecular formula is C26H26ClFN4O2. The molecule has 6 nitrogen and oxygen atoms in total. The van der Waals surface area contributed by atoms with Crippen LogP contribution in [-0.2, 0) is 4.79 Å². The first-order valence-electron chi connectivity index (χ1n) is 11.6. The van der Waals surface area contributed by atoms with Gasteiger partial charge in [0.1, 0.15) is 11.6 Å². The predicted molar refractivity (Wildman–Crippen MR) is 132 cm³/mol. The second-order valence-electron chi connectivity index (χ2n) is 8.92. The van der Waals surface area contributed by atoms with Gasteiger partial charge in [0.15, 0.2) is 5.82 Å². The third-order valence-corrected chi connectivity index (χ3v) is 7.26. The molecule has 3 aromatic rings. The number of halogens is 2. The fraction of sp³-hybridized carbons (Fsp3) is 0.346. The SMILES string of the molecule is C=CC(=O)N1CCN(c2nnc(C3CCCC3)c3cc(-c4c(O)cccc4F)c(Cl)cc23)CC1. The molecule has 1 aliphatic carbocycles. The maximum atomic E-state index is 14.7. The molecule has 176 valence electrons. The van der Waals surface area contributed by atoms with E-state index >= 15 is 0 Å². The molecular weight excluding hydrogens is 455 g/mol. The zero-order chi connectivity index (χ0) is 23.8. The van der Waals surface area contributed by atoms with E-state index in [0.717, 1.165) is 42.1 Å². The Morgan fingerprint density at radius 1 is 1.12 bits per heavy atom. The quantitative estimate of drug-likeness (QED) is 0.514. The molecule has 2 heterocycles. The summed E-state index contributed by atoms with van der Waals surface area (Å²) >= 11 is 6.68. The lowest BCUT2D eigenvalue weighted by molar-refractivity contribution is -0.126. The van der Waals surface area contributed by atoms with Gasteiger partial charge in [0.25, 0.3) is 0 Å². The summed E-state index contributed by atoms with van der Waals surface area (Å²) in [6.45, 7) is 5.92. The molecule has 1 saturated carbocycles. The number of piperazine rings is 1. The van der Waals surface area contributed by atoms with Gasteiger partial charge in [-0.3, -0.25) is 4.79 Å². The van der Waals surface area contributed by atoms with Gasteiger partial charge in [-0.25, -0.2) is 4.39 Å². The van der Waals surface area contributed by atoms with Gasteiger partial charge in [0.2, 0.25) is 5.91 Å². The Hall–Kier alpha value is -3.19. The van der Waals surface area contributed by atoms with Crippen LogP contribution in [-0.4, -0.2) is 52.3 Å². The van der Waals surface area contributed by atoms with Crippen LogP contribution in [0.4, 0.5) is 10.2 Å². The van der Waals surface area contributed by atoms with Gasteiger partial charge in [-0.2, -0.15) is 5.10 Å². The Morgan fingerprint density at radius 3 is 2.53 bits per heavy atom. The van der Waals surface area contributed by atoms with Gasteiger partial charge in [0, 0.05) is 53.5 Å². The third-order valence-electron chi connectivity index (χ3n) is 6.94. The molecule has 1 N–H and O–H groups in total. The van der Waals surface area contributed by atoms with Crippen molar-refractivity contribution >= 4 is 34.1 Å². The number of hydrogen-bond donors (Lipinski definition) is 1. The van der Waals surface area contributed by atoms with Crippen LogP contribution >= 0.6 is 11.6 Å². The Labute approximate surface area is 202 Å². The fourth-order valence-corrected chi connectivity index (χ4v) is 5.41. The van der Waals surface area contributed by atoms with Crippen molar-refractivity contribution in [1.82, 2.24) is 15.1 Å². The first kappa shape index (κ1) is 22.6. The van der Waals surface area contributed by atoms with E-state index in [1.54, 1.807) is 4.90 Å². The number of phenols is 1. The van der Waals surface area contributed by atoms with Gasteiger partial charge < -0.3 is 14.9 Å². The van der Waals surface area contributed by atoms with Crippen LogP contribution in [0.2, 0.25) is 5.02 Å². The maximum absolute atomic E-state index is 14.7. The highest BCUT2D eigenvalue weighted by atomic mass is 35.5. The second kappa shape index (κ2) is 9.22. The van der Waals surface area contributed by atoms with Crippen molar-refractivity contribution in [2.24, 2.45) is 0 Å². The first-order chi connectivity index (χ1) is 16.5. The van der Waals surface area contributed by atoms with Crippen molar-refractivity contribution < 1.29 is 14.3 Å². The number of aromatic nitrogens is 2. The number of anilines is 1. The Morgan fingerprint density at radius 2 is 1.85 bits per heavy atom. The van der Waals surface area contributed by atoms with E-state index in [1.807, 2.05) is 12.1 Å².